The number of para-hydroxylation sites is 1. The first-order valence-electron chi connectivity index (χ1n) is 8.73. The van der Waals surface area contributed by atoms with Gasteiger partial charge in [0, 0.05) is 0 Å². The molecule has 146 valence electrons. The van der Waals surface area contributed by atoms with E-state index in [1.807, 2.05) is 26.0 Å². The Bertz CT molecular complexity index is 934. The standard InChI is InChI=1S/C21H20ClNO5/c1-14-18(15(2)28-23-14)13-27-17-7-5-6-16(12-17)21(24)26-11-10-25-20-9-4-3-8-19(20)22/h3-9,12H,10-11,13H2,1-2H3. The monoisotopic (exact) mass is 401 g/mol. The van der Waals surface area contributed by atoms with Crippen molar-refractivity contribution in [2.45, 2.75) is 20.5 Å². The van der Waals surface area contributed by atoms with E-state index < -0.39 is 5.97 Å². The highest BCUT2D eigenvalue weighted by Gasteiger charge is 2.12. The van der Waals surface area contributed by atoms with E-state index in [9.17, 15) is 4.79 Å². The summed E-state index contributed by atoms with van der Waals surface area (Å²) in [4.78, 5) is 12.2. The summed E-state index contributed by atoms with van der Waals surface area (Å²) in [5, 5.41) is 4.41. The van der Waals surface area contributed by atoms with E-state index in [1.165, 1.54) is 0 Å². The smallest absolute Gasteiger partial charge is 0.338 e. The molecule has 2 aromatic carbocycles. The Kier molecular flexibility index (Phi) is 6.55. The number of ether oxygens (including phenoxy) is 3. The van der Waals surface area contributed by atoms with Crippen LogP contribution < -0.4 is 9.47 Å². The normalized spacial score (nSPS) is 10.5. The van der Waals surface area contributed by atoms with E-state index >= 15 is 0 Å². The maximum atomic E-state index is 12.2. The molecule has 1 aromatic heterocycles. The van der Waals surface area contributed by atoms with Gasteiger partial charge >= 0.3 is 5.97 Å². The molecule has 1 heterocycles. The number of carbonyl (C=O) groups is 1. The molecule has 0 fully saturated rings. The fourth-order valence-corrected chi connectivity index (χ4v) is 2.70. The number of aromatic nitrogens is 1. The number of hydrogen-bond donors (Lipinski definition) is 0. The van der Waals surface area contributed by atoms with E-state index in [4.69, 9.17) is 30.3 Å². The summed E-state index contributed by atoms with van der Waals surface area (Å²) in [6.07, 6.45) is 0. The van der Waals surface area contributed by atoms with Crippen LogP contribution in [0.25, 0.3) is 0 Å². The minimum absolute atomic E-state index is 0.105. The van der Waals surface area contributed by atoms with Crippen LogP contribution in [-0.4, -0.2) is 24.3 Å². The molecular weight excluding hydrogens is 382 g/mol. The van der Waals surface area contributed by atoms with Gasteiger partial charge in [-0.1, -0.05) is 35.0 Å². The first-order valence-corrected chi connectivity index (χ1v) is 9.11. The molecule has 0 aliphatic heterocycles. The van der Waals surface area contributed by atoms with Crippen LogP contribution >= 0.6 is 11.6 Å². The van der Waals surface area contributed by atoms with Crippen molar-refractivity contribution < 1.29 is 23.5 Å². The molecule has 3 aromatic rings. The van der Waals surface area contributed by atoms with E-state index in [0.29, 0.717) is 34.5 Å². The second-order valence-corrected chi connectivity index (χ2v) is 6.44. The maximum Gasteiger partial charge on any atom is 0.338 e. The lowest BCUT2D eigenvalue weighted by atomic mass is 10.2. The van der Waals surface area contributed by atoms with Gasteiger partial charge in [0.15, 0.2) is 0 Å². The quantitative estimate of drug-likeness (QED) is 0.400. The number of carbonyl (C=O) groups excluding carboxylic acids is 1. The molecule has 0 N–H and O–H groups in total. The first kappa shape index (κ1) is 19.8. The molecule has 0 saturated carbocycles. The van der Waals surface area contributed by atoms with Crippen LogP contribution in [0.1, 0.15) is 27.4 Å². The van der Waals surface area contributed by atoms with Gasteiger partial charge in [0.25, 0.3) is 0 Å². The highest BCUT2D eigenvalue weighted by atomic mass is 35.5. The first-order chi connectivity index (χ1) is 13.5. The third kappa shape index (κ3) is 5.04. The second-order valence-electron chi connectivity index (χ2n) is 6.03. The molecular formula is C21H20ClNO5. The number of halogens is 1. The van der Waals surface area contributed by atoms with Crippen molar-refractivity contribution in [1.29, 1.82) is 0 Å². The molecule has 7 heteroatoms. The van der Waals surface area contributed by atoms with Crippen LogP contribution in [0.2, 0.25) is 5.02 Å². The fraction of sp³-hybridized carbons (Fsp3) is 0.238. The number of rotatable bonds is 8. The number of esters is 1. The zero-order valence-corrected chi connectivity index (χ0v) is 16.4. The van der Waals surface area contributed by atoms with Crippen LogP contribution in [0.3, 0.4) is 0 Å². The molecule has 28 heavy (non-hydrogen) atoms. The molecule has 0 spiro atoms. The van der Waals surface area contributed by atoms with Crippen LogP contribution in [0.15, 0.2) is 53.1 Å². The largest absolute Gasteiger partial charge is 0.489 e. The van der Waals surface area contributed by atoms with E-state index in [-0.39, 0.29) is 13.2 Å². The Balaban J connectivity index is 1.50. The molecule has 0 radical (unpaired) electrons. The van der Waals surface area contributed by atoms with Crippen molar-refractivity contribution in [2.24, 2.45) is 0 Å². The summed E-state index contributed by atoms with van der Waals surface area (Å²) in [6, 6.07) is 13.9. The van der Waals surface area contributed by atoms with Gasteiger partial charge in [0.2, 0.25) is 0 Å². The van der Waals surface area contributed by atoms with Crippen molar-refractivity contribution in [2.75, 3.05) is 13.2 Å². The predicted octanol–water partition coefficient (Wildman–Crippen LogP) is 4.76. The lowest BCUT2D eigenvalue weighted by molar-refractivity contribution is 0.0450. The maximum absolute atomic E-state index is 12.2. The van der Waals surface area contributed by atoms with E-state index in [2.05, 4.69) is 5.16 Å². The molecule has 3 rings (SSSR count). The Labute approximate surface area is 168 Å². The molecule has 0 aliphatic carbocycles. The van der Waals surface area contributed by atoms with Crippen molar-refractivity contribution in [3.8, 4) is 11.5 Å². The summed E-state index contributed by atoms with van der Waals surface area (Å²) in [5.41, 5.74) is 2.07. The fourth-order valence-electron chi connectivity index (χ4n) is 2.51. The molecule has 6 nitrogen and oxygen atoms in total. The van der Waals surface area contributed by atoms with Gasteiger partial charge in [0.1, 0.15) is 37.1 Å². The van der Waals surface area contributed by atoms with Crippen molar-refractivity contribution in [3.05, 3.63) is 76.1 Å². The number of benzene rings is 2. The summed E-state index contributed by atoms with van der Waals surface area (Å²) in [6.45, 7) is 4.31. The third-order valence-electron chi connectivity index (χ3n) is 4.04. The van der Waals surface area contributed by atoms with Crippen molar-refractivity contribution in [3.63, 3.8) is 0 Å². The minimum Gasteiger partial charge on any atom is -0.489 e. The molecule has 0 aliphatic rings. The van der Waals surface area contributed by atoms with Gasteiger partial charge in [-0.15, -0.1) is 0 Å². The molecule has 0 unspecified atom stereocenters. The van der Waals surface area contributed by atoms with Crippen LogP contribution in [0.5, 0.6) is 11.5 Å². The summed E-state index contributed by atoms with van der Waals surface area (Å²) in [7, 11) is 0. The van der Waals surface area contributed by atoms with Gasteiger partial charge in [-0.3, -0.25) is 0 Å². The van der Waals surface area contributed by atoms with Gasteiger partial charge in [-0.2, -0.15) is 0 Å². The summed E-state index contributed by atoms with van der Waals surface area (Å²) in [5.74, 6) is 1.37. The Morgan fingerprint density at radius 2 is 1.89 bits per heavy atom. The second kappa shape index (κ2) is 9.28. The Hall–Kier alpha value is -2.99. The van der Waals surface area contributed by atoms with Crippen molar-refractivity contribution >= 4 is 17.6 Å². The van der Waals surface area contributed by atoms with E-state index in [0.717, 1.165) is 11.3 Å². The van der Waals surface area contributed by atoms with Crippen LogP contribution in [0, 0.1) is 13.8 Å². The Morgan fingerprint density at radius 3 is 2.64 bits per heavy atom. The predicted molar refractivity (Wildman–Crippen MR) is 104 cm³/mol. The summed E-state index contributed by atoms with van der Waals surface area (Å²) < 4.78 is 21.6. The highest BCUT2D eigenvalue weighted by molar-refractivity contribution is 6.32. The Morgan fingerprint density at radius 1 is 1.07 bits per heavy atom. The van der Waals surface area contributed by atoms with Crippen LogP contribution in [0.4, 0.5) is 0 Å². The lowest BCUT2D eigenvalue weighted by Crippen LogP contribution is -2.12. The van der Waals surface area contributed by atoms with Gasteiger partial charge in [-0.25, -0.2) is 4.79 Å². The zero-order valence-electron chi connectivity index (χ0n) is 15.6. The van der Waals surface area contributed by atoms with Gasteiger partial charge in [-0.05, 0) is 44.2 Å². The average Bonchev–Trinajstić information content (AvgIpc) is 3.02. The molecule has 0 saturated heterocycles. The lowest BCUT2D eigenvalue weighted by Gasteiger charge is -2.10. The van der Waals surface area contributed by atoms with Gasteiger partial charge < -0.3 is 18.7 Å². The zero-order chi connectivity index (χ0) is 19.9. The minimum atomic E-state index is -0.453. The average molecular weight is 402 g/mol. The van der Waals surface area contributed by atoms with E-state index in [1.54, 1.807) is 36.4 Å². The summed E-state index contributed by atoms with van der Waals surface area (Å²) >= 11 is 6.01. The number of hydrogen-bond acceptors (Lipinski definition) is 6. The van der Waals surface area contributed by atoms with Crippen LogP contribution in [-0.2, 0) is 11.3 Å². The number of nitrogens with zero attached hydrogens (tertiary/aromatic N) is 1. The molecule has 0 amide bonds. The van der Waals surface area contributed by atoms with Gasteiger partial charge in [0.05, 0.1) is 21.8 Å². The molecule has 0 bridgehead atoms. The number of aryl methyl sites for hydroxylation is 2. The van der Waals surface area contributed by atoms with Crippen molar-refractivity contribution in [1.82, 2.24) is 5.16 Å². The highest BCUT2D eigenvalue weighted by Crippen LogP contribution is 2.23. The SMILES string of the molecule is Cc1noc(C)c1COc1cccc(C(=O)OCCOc2ccccc2Cl)c1. The topological polar surface area (TPSA) is 70.8 Å². The molecule has 0 atom stereocenters. The third-order valence-corrected chi connectivity index (χ3v) is 4.36.